The molecule has 0 atom stereocenters. The third-order valence-corrected chi connectivity index (χ3v) is 7.09. The predicted molar refractivity (Wildman–Crippen MR) is 138 cm³/mol. The number of hydrogen-bond donors (Lipinski definition) is 3. The normalized spacial score (nSPS) is 19.5. The van der Waals surface area contributed by atoms with Crippen molar-refractivity contribution in [1.82, 2.24) is 19.3 Å². The van der Waals surface area contributed by atoms with Crippen LogP contribution in [0.25, 0.3) is 33.1 Å². The molecular formula is C27H25N5O4. The lowest BCUT2D eigenvalue weighted by Gasteiger charge is -2.40. The van der Waals surface area contributed by atoms with Gasteiger partial charge >= 0.3 is 0 Å². The summed E-state index contributed by atoms with van der Waals surface area (Å²) in [5, 5.41) is 18.4. The Morgan fingerprint density at radius 2 is 1.81 bits per heavy atom. The summed E-state index contributed by atoms with van der Waals surface area (Å²) in [6.45, 7) is 1.79. The van der Waals surface area contributed by atoms with Gasteiger partial charge in [0.05, 0.1) is 29.7 Å². The number of para-hydroxylation sites is 1. The fourth-order valence-electron chi connectivity index (χ4n) is 5.36. The van der Waals surface area contributed by atoms with Crippen LogP contribution in [0.2, 0.25) is 0 Å². The van der Waals surface area contributed by atoms with E-state index in [1.807, 2.05) is 48.7 Å². The zero-order valence-corrected chi connectivity index (χ0v) is 19.9. The highest BCUT2D eigenvalue weighted by Gasteiger charge is 2.41. The van der Waals surface area contributed by atoms with Crippen molar-refractivity contribution in [1.29, 1.82) is 0 Å². The van der Waals surface area contributed by atoms with Crippen molar-refractivity contribution in [2.75, 3.05) is 12.8 Å². The van der Waals surface area contributed by atoms with Crippen molar-refractivity contribution in [2.24, 2.45) is 0 Å². The fraction of sp³-hybridized carbons (Fsp3) is 0.222. The molecule has 182 valence electrons. The van der Waals surface area contributed by atoms with E-state index in [0.717, 1.165) is 11.3 Å². The molecule has 3 aromatic heterocycles. The molecule has 1 aliphatic carbocycles. The Labute approximate surface area is 205 Å². The number of benzene rings is 2. The van der Waals surface area contributed by atoms with Crippen LogP contribution in [0.15, 0.2) is 70.5 Å². The quantitative estimate of drug-likeness (QED) is 0.360. The maximum atomic E-state index is 13.6. The number of methoxy groups -OCH3 is 1. The highest BCUT2D eigenvalue weighted by molar-refractivity contribution is 5.94. The highest BCUT2D eigenvalue weighted by atomic mass is 16.5. The first-order chi connectivity index (χ1) is 17.3. The van der Waals surface area contributed by atoms with Gasteiger partial charge in [-0.15, -0.1) is 0 Å². The third kappa shape index (κ3) is 3.31. The summed E-state index contributed by atoms with van der Waals surface area (Å²) < 4.78 is 8.97. The smallest absolute Gasteiger partial charge is 0.274 e. The summed E-state index contributed by atoms with van der Waals surface area (Å²) >= 11 is 0. The topological polar surface area (TPSA) is 128 Å². The molecule has 6 rings (SSSR count). The average Bonchev–Trinajstić information content (AvgIpc) is 3.27. The van der Waals surface area contributed by atoms with Gasteiger partial charge in [0.1, 0.15) is 11.3 Å². The molecule has 9 nitrogen and oxygen atoms in total. The van der Waals surface area contributed by atoms with Gasteiger partial charge in [0.2, 0.25) is 0 Å². The standard InChI is InChI=1S/C27H25N5O4/c1-27(35)11-15(12-27)20-13-31(23-22(20)25(33)30-29-24(23)28)17-8-9-18-19(10-17)26(34)32(14-21(18)36-2)16-6-4-3-5-7-16/h3-10,13-15,35H,11-12H2,1-2H3,(H2,28,29)(H,30,33). The van der Waals surface area contributed by atoms with Gasteiger partial charge in [-0.3, -0.25) is 14.2 Å². The number of fused-ring (bicyclic) bond motifs is 2. The van der Waals surface area contributed by atoms with E-state index in [1.165, 1.54) is 0 Å². The van der Waals surface area contributed by atoms with Crippen LogP contribution in [0.1, 0.15) is 31.2 Å². The van der Waals surface area contributed by atoms with E-state index in [-0.39, 0.29) is 22.9 Å². The number of nitrogens with two attached hydrogens (primary N) is 1. The van der Waals surface area contributed by atoms with Crippen molar-refractivity contribution >= 4 is 27.5 Å². The lowest BCUT2D eigenvalue weighted by atomic mass is 9.69. The molecule has 0 amide bonds. The summed E-state index contributed by atoms with van der Waals surface area (Å²) in [6.07, 6.45) is 4.65. The van der Waals surface area contributed by atoms with Gasteiger partial charge in [-0.05, 0) is 61.6 Å². The minimum atomic E-state index is -0.757. The number of hydrogen-bond acceptors (Lipinski definition) is 6. The second kappa shape index (κ2) is 7.82. The van der Waals surface area contributed by atoms with Gasteiger partial charge in [0, 0.05) is 23.0 Å². The number of aliphatic hydroxyl groups is 1. The monoisotopic (exact) mass is 483 g/mol. The number of nitrogen functional groups attached to an aromatic ring is 1. The molecule has 0 bridgehead atoms. The third-order valence-electron chi connectivity index (χ3n) is 7.09. The second-order valence-electron chi connectivity index (χ2n) is 9.66. The first-order valence-electron chi connectivity index (χ1n) is 11.7. The van der Waals surface area contributed by atoms with Gasteiger partial charge in [0.25, 0.3) is 11.1 Å². The summed E-state index contributed by atoms with van der Waals surface area (Å²) in [6, 6.07) is 14.8. The summed E-state index contributed by atoms with van der Waals surface area (Å²) in [5.41, 5.74) is 7.61. The molecule has 5 aromatic rings. The molecule has 0 unspecified atom stereocenters. The molecule has 0 aliphatic heterocycles. The number of aromatic nitrogens is 4. The summed E-state index contributed by atoms with van der Waals surface area (Å²) in [7, 11) is 1.57. The van der Waals surface area contributed by atoms with E-state index >= 15 is 0 Å². The largest absolute Gasteiger partial charge is 0.495 e. The maximum absolute atomic E-state index is 13.6. The number of ether oxygens (including phenoxy) is 1. The van der Waals surface area contributed by atoms with Crippen LogP contribution in [0, 0.1) is 0 Å². The molecule has 0 radical (unpaired) electrons. The number of rotatable bonds is 4. The Hall–Kier alpha value is -4.37. The van der Waals surface area contributed by atoms with Gasteiger partial charge < -0.3 is 20.1 Å². The number of H-pyrrole nitrogens is 1. The predicted octanol–water partition coefficient (Wildman–Crippen LogP) is 3.24. The molecular weight excluding hydrogens is 458 g/mol. The van der Waals surface area contributed by atoms with Crippen LogP contribution in [-0.2, 0) is 0 Å². The van der Waals surface area contributed by atoms with Crippen LogP contribution in [-0.4, -0.2) is 37.1 Å². The Kier molecular flexibility index (Phi) is 4.81. The molecule has 1 fully saturated rings. The van der Waals surface area contributed by atoms with Gasteiger partial charge in [0.15, 0.2) is 5.82 Å². The second-order valence-corrected chi connectivity index (χ2v) is 9.66. The molecule has 1 saturated carbocycles. The van der Waals surface area contributed by atoms with Crippen molar-refractivity contribution in [3.8, 4) is 17.1 Å². The number of pyridine rings is 1. The van der Waals surface area contributed by atoms with Crippen LogP contribution < -0.4 is 21.6 Å². The number of nitrogens with zero attached hydrogens (tertiary/aromatic N) is 3. The Morgan fingerprint density at radius 1 is 1.06 bits per heavy atom. The number of anilines is 1. The average molecular weight is 484 g/mol. The lowest BCUT2D eigenvalue weighted by Crippen LogP contribution is -2.39. The van der Waals surface area contributed by atoms with E-state index in [1.54, 1.807) is 35.4 Å². The Balaban J connectivity index is 1.61. The highest BCUT2D eigenvalue weighted by Crippen LogP contribution is 2.47. The Bertz CT molecular complexity index is 1760. The van der Waals surface area contributed by atoms with Crippen molar-refractivity contribution in [3.05, 3.63) is 87.2 Å². The molecule has 2 aromatic carbocycles. The van der Waals surface area contributed by atoms with E-state index in [0.29, 0.717) is 46.0 Å². The van der Waals surface area contributed by atoms with Crippen molar-refractivity contribution in [3.63, 3.8) is 0 Å². The molecule has 36 heavy (non-hydrogen) atoms. The number of aromatic amines is 1. The van der Waals surface area contributed by atoms with Crippen LogP contribution in [0.3, 0.4) is 0 Å². The molecule has 0 spiro atoms. The summed E-state index contributed by atoms with van der Waals surface area (Å²) in [4.78, 5) is 26.4. The molecule has 3 heterocycles. The van der Waals surface area contributed by atoms with Gasteiger partial charge in [-0.25, -0.2) is 5.10 Å². The lowest BCUT2D eigenvalue weighted by molar-refractivity contribution is -0.0310. The minimum Gasteiger partial charge on any atom is -0.495 e. The minimum absolute atomic E-state index is 0.0162. The van der Waals surface area contributed by atoms with E-state index in [2.05, 4.69) is 10.2 Å². The van der Waals surface area contributed by atoms with Crippen molar-refractivity contribution < 1.29 is 9.84 Å². The zero-order chi connectivity index (χ0) is 25.2. The first-order valence-corrected chi connectivity index (χ1v) is 11.7. The molecule has 0 saturated heterocycles. The van der Waals surface area contributed by atoms with Crippen LogP contribution >= 0.6 is 0 Å². The molecule has 9 heteroatoms. The zero-order valence-electron chi connectivity index (χ0n) is 19.9. The van der Waals surface area contributed by atoms with Crippen LogP contribution in [0.5, 0.6) is 5.75 Å². The van der Waals surface area contributed by atoms with E-state index < -0.39 is 5.60 Å². The Morgan fingerprint density at radius 3 is 2.50 bits per heavy atom. The maximum Gasteiger partial charge on any atom is 0.274 e. The fourth-order valence-corrected chi connectivity index (χ4v) is 5.36. The molecule has 1 aliphatic rings. The van der Waals surface area contributed by atoms with Crippen LogP contribution in [0.4, 0.5) is 5.82 Å². The summed E-state index contributed by atoms with van der Waals surface area (Å²) in [5.74, 6) is 0.754. The van der Waals surface area contributed by atoms with E-state index in [4.69, 9.17) is 10.5 Å². The van der Waals surface area contributed by atoms with E-state index in [9.17, 15) is 14.7 Å². The van der Waals surface area contributed by atoms with Crippen molar-refractivity contribution in [2.45, 2.75) is 31.3 Å². The molecule has 4 N–H and O–H groups in total. The van der Waals surface area contributed by atoms with Gasteiger partial charge in [-0.1, -0.05) is 18.2 Å². The SMILES string of the molecule is COc1cn(-c2ccccc2)c(=O)c2cc(-n3cc(C4CC(C)(O)C4)c4c(=O)[nH]nc(N)c43)ccc12. The first kappa shape index (κ1) is 22.1. The number of nitrogens with one attached hydrogen (secondary N) is 1. The van der Waals surface area contributed by atoms with Gasteiger partial charge in [-0.2, -0.15) is 5.10 Å².